The van der Waals surface area contributed by atoms with E-state index < -0.39 is 0 Å². The standard InChI is InChI=1S/C10H13N/c1-8-10(11(8)2)9-6-4-3-5-7-9/h3-8,10H,1-2H3/t8-,10+,11?/m0/s1/i6D. The van der Waals surface area contributed by atoms with Crippen LogP contribution in [0.4, 0.5) is 0 Å². The summed E-state index contributed by atoms with van der Waals surface area (Å²) in [6.45, 7) is 2.19. The number of rotatable bonds is 1. The number of hydrogen-bond donors (Lipinski definition) is 0. The molecular weight excluding hydrogens is 134 g/mol. The fourth-order valence-electron chi connectivity index (χ4n) is 1.56. The van der Waals surface area contributed by atoms with E-state index in [1.54, 1.807) is 0 Å². The van der Waals surface area contributed by atoms with Crippen molar-refractivity contribution in [2.75, 3.05) is 7.05 Å². The summed E-state index contributed by atoms with van der Waals surface area (Å²) in [4.78, 5) is 2.27. The zero-order chi connectivity index (χ0) is 8.72. The van der Waals surface area contributed by atoms with Gasteiger partial charge in [-0.1, -0.05) is 30.3 Å². The van der Waals surface area contributed by atoms with Crippen LogP contribution in [-0.4, -0.2) is 18.0 Å². The van der Waals surface area contributed by atoms with Gasteiger partial charge in [0.2, 0.25) is 0 Å². The summed E-state index contributed by atoms with van der Waals surface area (Å²) in [6, 6.07) is 9.58. The first-order valence-corrected chi connectivity index (χ1v) is 3.99. The Kier molecular flexibility index (Phi) is 1.23. The molecule has 3 atom stereocenters. The van der Waals surface area contributed by atoms with Gasteiger partial charge in [0.1, 0.15) is 0 Å². The summed E-state index contributed by atoms with van der Waals surface area (Å²) in [5, 5.41) is 0. The maximum Gasteiger partial charge on any atom is 0.0626 e. The van der Waals surface area contributed by atoms with E-state index in [0.29, 0.717) is 18.1 Å². The number of nitrogens with zero attached hydrogens (tertiary/aromatic N) is 1. The fourth-order valence-corrected chi connectivity index (χ4v) is 1.56. The Morgan fingerprint density at radius 1 is 1.45 bits per heavy atom. The molecule has 1 aromatic rings. The van der Waals surface area contributed by atoms with E-state index >= 15 is 0 Å². The van der Waals surface area contributed by atoms with Crippen LogP contribution in [0.15, 0.2) is 30.3 Å². The Bertz CT molecular complexity index is 290. The Hall–Kier alpha value is -0.820. The highest BCUT2D eigenvalue weighted by molar-refractivity contribution is 5.25. The maximum absolute atomic E-state index is 7.69. The average Bonchev–Trinajstić information content (AvgIpc) is 2.62. The van der Waals surface area contributed by atoms with Crippen LogP contribution in [0, 0.1) is 0 Å². The van der Waals surface area contributed by atoms with E-state index in [4.69, 9.17) is 1.37 Å². The minimum Gasteiger partial charge on any atom is -0.293 e. The normalized spacial score (nSPS) is 36.5. The van der Waals surface area contributed by atoms with Crippen LogP contribution in [0.5, 0.6) is 0 Å². The molecule has 1 nitrogen and oxygen atoms in total. The quantitative estimate of drug-likeness (QED) is 0.551. The van der Waals surface area contributed by atoms with Crippen LogP contribution < -0.4 is 0 Å². The van der Waals surface area contributed by atoms with Crippen molar-refractivity contribution in [3.05, 3.63) is 35.9 Å². The van der Waals surface area contributed by atoms with Crippen molar-refractivity contribution in [2.45, 2.75) is 19.0 Å². The van der Waals surface area contributed by atoms with Crippen molar-refractivity contribution in [1.82, 2.24) is 4.90 Å². The number of benzene rings is 1. The van der Waals surface area contributed by atoms with E-state index in [-0.39, 0.29) is 0 Å². The molecule has 0 saturated carbocycles. The van der Waals surface area contributed by atoms with E-state index in [1.165, 1.54) is 0 Å². The molecule has 0 aromatic heterocycles. The molecule has 1 heteroatoms. The van der Waals surface area contributed by atoms with Gasteiger partial charge in [0.25, 0.3) is 0 Å². The number of hydrogen-bond acceptors (Lipinski definition) is 1. The lowest BCUT2D eigenvalue weighted by Crippen LogP contribution is -1.86. The lowest BCUT2D eigenvalue weighted by atomic mass is 10.1. The van der Waals surface area contributed by atoms with Crippen molar-refractivity contribution >= 4 is 0 Å². The Morgan fingerprint density at radius 2 is 2.18 bits per heavy atom. The van der Waals surface area contributed by atoms with Gasteiger partial charge >= 0.3 is 0 Å². The molecule has 0 amide bonds. The highest BCUT2D eigenvalue weighted by Gasteiger charge is 2.40. The van der Waals surface area contributed by atoms with Gasteiger partial charge in [-0.3, -0.25) is 4.90 Å². The Morgan fingerprint density at radius 3 is 2.73 bits per heavy atom. The van der Waals surface area contributed by atoms with E-state index in [0.717, 1.165) is 5.56 Å². The minimum atomic E-state index is 0.485. The SMILES string of the molecule is [2H]c1ccccc1[C@H]1[C@H](C)N1C. The van der Waals surface area contributed by atoms with E-state index in [2.05, 4.69) is 18.9 Å². The topological polar surface area (TPSA) is 3.01 Å². The van der Waals surface area contributed by atoms with Crippen molar-refractivity contribution < 1.29 is 1.37 Å². The molecular formula is C10H13N. The summed E-state index contributed by atoms with van der Waals surface area (Å²) in [7, 11) is 2.10. The lowest BCUT2D eigenvalue weighted by molar-refractivity contribution is 0.600. The predicted molar refractivity (Wildman–Crippen MR) is 46.4 cm³/mol. The molecule has 1 fully saturated rings. The molecule has 1 heterocycles. The Labute approximate surface area is 69.1 Å². The Balaban J connectivity index is 2.30. The van der Waals surface area contributed by atoms with E-state index in [1.807, 2.05) is 24.3 Å². The van der Waals surface area contributed by atoms with Crippen LogP contribution in [0.25, 0.3) is 0 Å². The summed E-state index contributed by atoms with van der Waals surface area (Å²) in [5.74, 6) is 0. The second-order valence-corrected chi connectivity index (χ2v) is 3.17. The molecule has 1 aliphatic heterocycles. The largest absolute Gasteiger partial charge is 0.293 e. The summed E-state index contributed by atoms with van der Waals surface area (Å²) >= 11 is 0. The zero-order valence-electron chi connectivity index (χ0n) is 7.91. The third-order valence-corrected chi connectivity index (χ3v) is 2.50. The molecule has 1 aliphatic rings. The van der Waals surface area contributed by atoms with Crippen LogP contribution in [-0.2, 0) is 0 Å². The monoisotopic (exact) mass is 148 g/mol. The van der Waals surface area contributed by atoms with E-state index in [9.17, 15) is 0 Å². The lowest BCUT2D eigenvalue weighted by Gasteiger charge is -1.95. The highest BCUT2D eigenvalue weighted by Crippen LogP contribution is 2.40. The number of likely N-dealkylation sites (N-methyl/N-ethyl adjacent to an activating group) is 1. The molecule has 1 aromatic carbocycles. The third kappa shape index (κ3) is 1.05. The molecule has 1 unspecified atom stereocenters. The first-order valence-electron chi connectivity index (χ1n) is 4.49. The molecule has 0 bridgehead atoms. The van der Waals surface area contributed by atoms with Crippen LogP contribution in [0.1, 0.15) is 19.9 Å². The van der Waals surface area contributed by atoms with Crippen molar-refractivity contribution in [1.29, 1.82) is 0 Å². The minimum absolute atomic E-state index is 0.485. The smallest absolute Gasteiger partial charge is 0.0626 e. The van der Waals surface area contributed by atoms with Gasteiger partial charge in [-0.2, -0.15) is 0 Å². The second-order valence-electron chi connectivity index (χ2n) is 3.17. The molecule has 1 saturated heterocycles. The molecule has 2 rings (SSSR count). The zero-order valence-corrected chi connectivity index (χ0v) is 6.91. The van der Waals surface area contributed by atoms with Gasteiger partial charge in [0.05, 0.1) is 7.41 Å². The van der Waals surface area contributed by atoms with Gasteiger partial charge in [0, 0.05) is 6.04 Å². The first kappa shape index (κ1) is 5.78. The van der Waals surface area contributed by atoms with Crippen molar-refractivity contribution in [3.8, 4) is 0 Å². The first-order chi connectivity index (χ1) is 5.72. The van der Waals surface area contributed by atoms with Gasteiger partial charge in [0.15, 0.2) is 0 Å². The van der Waals surface area contributed by atoms with Crippen LogP contribution in [0.2, 0.25) is 0 Å². The average molecular weight is 148 g/mol. The van der Waals surface area contributed by atoms with Crippen molar-refractivity contribution in [2.24, 2.45) is 0 Å². The van der Waals surface area contributed by atoms with Gasteiger partial charge in [-0.05, 0) is 19.5 Å². The fraction of sp³-hybridized carbons (Fsp3) is 0.400. The summed E-state index contributed by atoms with van der Waals surface area (Å²) in [5.41, 5.74) is 1.16. The highest BCUT2D eigenvalue weighted by atomic mass is 15.3. The predicted octanol–water partition coefficient (Wildman–Crippen LogP) is 2.06. The van der Waals surface area contributed by atoms with Crippen molar-refractivity contribution in [3.63, 3.8) is 0 Å². The second kappa shape index (κ2) is 2.35. The third-order valence-electron chi connectivity index (χ3n) is 2.50. The van der Waals surface area contributed by atoms with Crippen LogP contribution >= 0.6 is 0 Å². The summed E-state index contributed by atoms with van der Waals surface area (Å²) in [6.07, 6.45) is 0. The van der Waals surface area contributed by atoms with Gasteiger partial charge in [-0.15, -0.1) is 0 Å². The molecule has 0 N–H and O–H groups in total. The maximum atomic E-state index is 7.69. The molecule has 0 spiro atoms. The summed E-state index contributed by atoms with van der Waals surface area (Å²) < 4.78 is 7.69. The molecule has 0 radical (unpaired) electrons. The van der Waals surface area contributed by atoms with Crippen LogP contribution in [0.3, 0.4) is 0 Å². The van der Waals surface area contributed by atoms with Gasteiger partial charge in [-0.25, -0.2) is 0 Å². The van der Waals surface area contributed by atoms with Gasteiger partial charge < -0.3 is 0 Å². The molecule has 11 heavy (non-hydrogen) atoms. The molecule has 0 aliphatic carbocycles. The molecule has 58 valence electrons.